The van der Waals surface area contributed by atoms with Crippen molar-refractivity contribution in [2.24, 2.45) is 0 Å². The van der Waals surface area contributed by atoms with E-state index in [1.54, 1.807) is 0 Å². The zero-order chi connectivity index (χ0) is 9.68. The molecular weight excluding hydrogens is 162 g/mol. The maximum absolute atomic E-state index is 5.28. The number of anilines is 1. The monoisotopic (exact) mass is 175 g/mol. The molecule has 0 aliphatic carbocycles. The topological polar surface area (TPSA) is 12.5 Å². The lowest BCUT2D eigenvalue weighted by Crippen LogP contribution is -2.08. The Hall–Kier alpha value is -1.62. The van der Waals surface area contributed by atoms with Gasteiger partial charge in [-0.25, -0.2) is 0 Å². The van der Waals surface area contributed by atoms with E-state index < -0.39 is 0 Å². The number of nitrogens with zero attached hydrogens (tertiary/aromatic N) is 1. The third kappa shape index (κ3) is 2.72. The lowest BCUT2D eigenvalue weighted by atomic mass is 10.3. The Balaban J connectivity index is 2.75. The van der Waals surface area contributed by atoms with E-state index in [9.17, 15) is 0 Å². The van der Waals surface area contributed by atoms with Crippen molar-refractivity contribution in [2.75, 3.05) is 25.6 Å². The molecule has 68 valence electrons. The predicted molar refractivity (Wildman–Crippen MR) is 55.1 cm³/mol. The van der Waals surface area contributed by atoms with E-state index in [1.165, 1.54) is 0 Å². The zero-order valence-electron chi connectivity index (χ0n) is 7.95. The molecule has 0 N–H and O–H groups in total. The molecule has 0 aliphatic heterocycles. The van der Waals surface area contributed by atoms with E-state index in [0.29, 0.717) is 6.61 Å². The van der Waals surface area contributed by atoms with Crippen molar-refractivity contribution >= 4 is 5.69 Å². The molecule has 0 atom stereocenters. The largest absolute Gasteiger partial charge is 0.481 e. The van der Waals surface area contributed by atoms with E-state index >= 15 is 0 Å². The molecule has 0 spiro atoms. The molecule has 2 nitrogen and oxygen atoms in total. The van der Waals surface area contributed by atoms with E-state index in [2.05, 4.69) is 5.92 Å². The van der Waals surface area contributed by atoms with Gasteiger partial charge in [0.05, 0.1) is 0 Å². The van der Waals surface area contributed by atoms with Gasteiger partial charge in [-0.15, -0.1) is 6.42 Å². The molecule has 0 amide bonds. The van der Waals surface area contributed by atoms with Gasteiger partial charge in [-0.3, -0.25) is 0 Å². The lowest BCUT2D eigenvalue weighted by Gasteiger charge is -2.13. The van der Waals surface area contributed by atoms with Gasteiger partial charge in [0, 0.05) is 25.8 Å². The quantitative estimate of drug-likeness (QED) is 0.649. The fourth-order valence-corrected chi connectivity index (χ4v) is 0.976. The van der Waals surface area contributed by atoms with Crippen molar-refractivity contribution in [1.29, 1.82) is 0 Å². The molecule has 0 heterocycles. The number of benzene rings is 1. The smallest absolute Gasteiger partial charge is 0.148 e. The van der Waals surface area contributed by atoms with E-state index in [4.69, 9.17) is 11.2 Å². The Labute approximate surface area is 79.1 Å². The van der Waals surface area contributed by atoms with Crippen LogP contribution in [0.25, 0.3) is 0 Å². The Morgan fingerprint density at radius 3 is 2.85 bits per heavy atom. The zero-order valence-corrected chi connectivity index (χ0v) is 7.95. The van der Waals surface area contributed by atoms with Gasteiger partial charge in [0.25, 0.3) is 0 Å². The molecule has 0 saturated carbocycles. The Kier molecular flexibility index (Phi) is 3.22. The van der Waals surface area contributed by atoms with Gasteiger partial charge in [-0.05, 0) is 12.1 Å². The van der Waals surface area contributed by atoms with Crippen LogP contribution in [0.3, 0.4) is 0 Å². The van der Waals surface area contributed by atoms with Gasteiger partial charge < -0.3 is 9.64 Å². The van der Waals surface area contributed by atoms with Crippen molar-refractivity contribution in [3.8, 4) is 18.1 Å². The highest BCUT2D eigenvalue weighted by atomic mass is 16.5. The van der Waals surface area contributed by atoms with Crippen molar-refractivity contribution < 1.29 is 4.74 Å². The summed E-state index contributed by atoms with van der Waals surface area (Å²) < 4.78 is 5.28. The van der Waals surface area contributed by atoms with Crippen LogP contribution in [0.2, 0.25) is 0 Å². The average molecular weight is 175 g/mol. The van der Waals surface area contributed by atoms with E-state index in [1.807, 2.05) is 43.3 Å². The highest BCUT2D eigenvalue weighted by molar-refractivity contribution is 5.49. The molecule has 1 aromatic carbocycles. The highest BCUT2D eigenvalue weighted by Crippen LogP contribution is 2.18. The second kappa shape index (κ2) is 4.42. The first-order valence-corrected chi connectivity index (χ1v) is 4.07. The summed E-state index contributed by atoms with van der Waals surface area (Å²) in [6.07, 6.45) is 5.09. The number of ether oxygens (including phenoxy) is 1. The molecule has 0 bridgehead atoms. The van der Waals surface area contributed by atoms with Crippen LogP contribution in [-0.4, -0.2) is 20.7 Å². The molecule has 0 aromatic heterocycles. The summed E-state index contributed by atoms with van der Waals surface area (Å²) in [5.41, 5.74) is 1.11. The lowest BCUT2D eigenvalue weighted by molar-refractivity contribution is 0.370. The Morgan fingerprint density at radius 2 is 2.23 bits per heavy atom. The van der Waals surface area contributed by atoms with Crippen LogP contribution in [0.5, 0.6) is 5.75 Å². The standard InChI is InChI=1S/C11H13NO/c1-4-8-13-11-7-5-6-10(9-11)12(2)3/h1,5-7,9H,8H2,2-3H3. The fourth-order valence-electron chi connectivity index (χ4n) is 0.976. The van der Waals surface area contributed by atoms with Crippen LogP contribution in [0.4, 0.5) is 5.69 Å². The summed E-state index contributed by atoms with van der Waals surface area (Å²) in [5, 5.41) is 0. The highest BCUT2D eigenvalue weighted by Gasteiger charge is 1.96. The summed E-state index contributed by atoms with van der Waals surface area (Å²) >= 11 is 0. The van der Waals surface area contributed by atoms with Crippen molar-refractivity contribution in [3.05, 3.63) is 24.3 Å². The van der Waals surface area contributed by atoms with Crippen LogP contribution in [0, 0.1) is 12.3 Å². The SMILES string of the molecule is C#CCOc1cccc(N(C)C)c1. The van der Waals surface area contributed by atoms with E-state index in [0.717, 1.165) is 11.4 Å². The van der Waals surface area contributed by atoms with Crippen LogP contribution in [-0.2, 0) is 0 Å². The summed E-state index contributed by atoms with van der Waals surface area (Å²) in [5.74, 6) is 3.24. The summed E-state index contributed by atoms with van der Waals surface area (Å²) in [6.45, 7) is 0.316. The number of rotatable bonds is 3. The van der Waals surface area contributed by atoms with Gasteiger partial charge in [0.15, 0.2) is 0 Å². The second-order valence-corrected chi connectivity index (χ2v) is 2.88. The molecule has 0 radical (unpaired) electrons. The number of hydrogen-bond donors (Lipinski definition) is 0. The van der Waals surface area contributed by atoms with Crippen LogP contribution >= 0.6 is 0 Å². The maximum atomic E-state index is 5.28. The van der Waals surface area contributed by atoms with Crippen molar-refractivity contribution in [3.63, 3.8) is 0 Å². The normalized spacial score (nSPS) is 9.00. The molecule has 0 fully saturated rings. The van der Waals surface area contributed by atoms with Gasteiger partial charge in [-0.1, -0.05) is 12.0 Å². The molecule has 1 aromatic rings. The maximum Gasteiger partial charge on any atom is 0.148 e. The Bertz CT molecular complexity index is 312. The summed E-state index contributed by atoms with van der Waals surface area (Å²) in [6, 6.07) is 7.81. The average Bonchev–Trinajstić information content (AvgIpc) is 2.15. The minimum Gasteiger partial charge on any atom is -0.481 e. The minimum absolute atomic E-state index is 0.316. The first-order chi connectivity index (χ1) is 6.24. The Morgan fingerprint density at radius 1 is 1.46 bits per heavy atom. The molecule has 0 saturated heterocycles. The summed E-state index contributed by atoms with van der Waals surface area (Å²) in [4.78, 5) is 2.02. The minimum atomic E-state index is 0.316. The molecule has 0 unspecified atom stereocenters. The molecule has 1 rings (SSSR count). The first kappa shape index (κ1) is 9.47. The predicted octanol–water partition coefficient (Wildman–Crippen LogP) is 1.76. The first-order valence-electron chi connectivity index (χ1n) is 4.07. The van der Waals surface area contributed by atoms with Crippen LogP contribution in [0.1, 0.15) is 0 Å². The van der Waals surface area contributed by atoms with Crippen LogP contribution in [0.15, 0.2) is 24.3 Å². The third-order valence-corrected chi connectivity index (χ3v) is 1.66. The van der Waals surface area contributed by atoms with Crippen molar-refractivity contribution in [2.45, 2.75) is 0 Å². The number of terminal acetylenes is 1. The third-order valence-electron chi connectivity index (χ3n) is 1.66. The van der Waals surface area contributed by atoms with Crippen LogP contribution < -0.4 is 9.64 Å². The van der Waals surface area contributed by atoms with Gasteiger partial charge >= 0.3 is 0 Å². The molecule has 2 heteroatoms. The van der Waals surface area contributed by atoms with Gasteiger partial charge in [0.1, 0.15) is 12.4 Å². The van der Waals surface area contributed by atoms with Gasteiger partial charge in [0.2, 0.25) is 0 Å². The van der Waals surface area contributed by atoms with Gasteiger partial charge in [-0.2, -0.15) is 0 Å². The van der Waals surface area contributed by atoms with E-state index in [-0.39, 0.29) is 0 Å². The second-order valence-electron chi connectivity index (χ2n) is 2.88. The number of hydrogen-bond acceptors (Lipinski definition) is 2. The fraction of sp³-hybridized carbons (Fsp3) is 0.273. The molecule has 0 aliphatic rings. The molecule has 13 heavy (non-hydrogen) atoms. The molecular formula is C11H13NO. The van der Waals surface area contributed by atoms with Crippen molar-refractivity contribution in [1.82, 2.24) is 0 Å². The summed E-state index contributed by atoms with van der Waals surface area (Å²) in [7, 11) is 3.97.